The quantitative estimate of drug-likeness (QED) is 0.767. The summed E-state index contributed by atoms with van der Waals surface area (Å²) in [6.45, 7) is 3.57. The zero-order chi connectivity index (χ0) is 13.7. The van der Waals surface area contributed by atoms with Gasteiger partial charge in [0.1, 0.15) is 5.82 Å². The number of halogens is 1. The summed E-state index contributed by atoms with van der Waals surface area (Å²) >= 11 is 3.46. The molecule has 1 heterocycles. The maximum Gasteiger partial charge on any atom is 0.164 e. The number of aromatic nitrogens is 3. The van der Waals surface area contributed by atoms with Crippen molar-refractivity contribution in [2.45, 2.75) is 25.2 Å². The molecule has 19 heavy (non-hydrogen) atoms. The Morgan fingerprint density at radius 1 is 1.26 bits per heavy atom. The number of ether oxygens (including phenoxy) is 1. The first-order valence-corrected chi connectivity index (χ1v) is 7.49. The molecular weight excluding hydrogens is 306 g/mol. The molecule has 0 saturated carbocycles. The molecule has 4 nitrogen and oxygen atoms in total. The lowest BCUT2D eigenvalue weighted by Crippen LogP contribution is -2.09. The fourth-order valence-corrected chi connectivity index (χ4v) is 2.51. The van der Waals surface area contributed by atoms with E-state index in [-0.39, 0.29) is 0 Å². The fraction of sp³-hybridized carbons (Fsp3) is 0.429. The van der Waals surface area contributed by atoms with Gasteiger partial charge in [0, 0.05) is 19.2 Å². The first-order valence-electron chi connectivity index (χ1n) is 6.37. The highest BCUT2D eigenvalue weighted by Crippen LogP contribution is 2.23. The van der Waals surface area contributed by atoms with Gasteiger partial charge in [-0.05, 0) is 12.0 Å². The molecule has 0 aliphatic rings. The second-order valence-corrected chi connectivity index (χ2v) is 4.79. The summed E-state index contributed by atoms with van der Waals surface area (Å²) < 4.78 is 7.29. The van der Waals surface area contributed by atoms with Gasteiger partial charge in [-0.25, -0.2) is 0 Å². The number of alkyl halides is 1. The van der Waals surface area contributed by atoms with Crippen molar-refractivity contribution in [2.24, 2.45) is 0 Å². The molecule has 0 atom stereocenters. The normalized spacial score (nSPS) is 10.9. The Hall–Kier alpha value is -1.20. The van der Waals surface area contributed by atoms with Gasteiger partial charge in [-0.1, -0.05) is 47.1 Å². The molecule has 2 rings (SSSR count). The van der Waals surface area contributed by atoms with Gasteiger partial charge in [-0.3, -0.25) is 0 Å². The monoisotopic (exact) mass is 323 g/mol. The van der Waals surface area contributed by atoms with E-state index < -0.39 is 0 Å². The number of rotatable bonds is 6. The standard InChI is InChI=1S/C14H18BrN3O/c1-3-11-6-4-5-7-12(11)14-17-16-13(10-15)18(14)8-9-19-2/h4-7H,3,8-10H2,1-2H3. The number of benzene rings is 1. The van der Waals surface area contributed by atoms with E-state index in [0.717, 1.165) is 30.2 Å². The minimum Gasteiger partial charge on any atom is -0.383 e. The lowest BCUT2D eigenvalue weighted by molar-refractivity contribution is 0.187. The van der Waals surface area contributed by atoms with Gasteiger partial charge in [0.05, 0.1) is 11.9 Å². The van der Waals surface area contributed by atoms with Gasteiger partial charge in [0.2, 0.25) is 0 Å². The van der Waals surface area contributed by atoms with Crippen LogP contribution in [0.25, 0.3) is 11.4 Å². The van der Waals surface area contributed by atoms with Crippen LogP contribution in [0.5, 0.6) is 0 Å². The molecule has 0 fully saturated rings. The maximum absolute atomic E-state index is 5.17. The molecule has 0 N–H and O–H groups in total. The summed E-state index contributed by atoms with van der Waals surface area (Å²) in [5.41, 5.74) is 2.44. The molecule has 0 bridgehead atoms. The van der Waals surface area contributed by atoms with Crippen LogP contribution in [0, 0.1) is 0 Å². The Bertz CT molecular complexity index is 539. The van der Waals surface area contributed by atoms with Crippen molar-refractivity contribution in [1.29, 1.82) is 0 Å². The van der Waals surface area contributed by atoms with Crippen molar-refractivity contribution in [3.05, 3.63) is 35.7 Å². The van der Waals surface area contributed by atoms with Crippen LogP contribution in [0.2, 0.25) is 0 Å². The number of hydrogen-bond acceptors (Lipinski definition) is 3. The minimum absolute atomic E-state index is 0.652. The van der Waals surface area contributed by atoms with Crippen LogP contribution in [0.1, 0.15) is 18.3 Å². The van der Waals surface area contributed by atoms with Crippen LogP contribution >= 0.6 is 15.9 Å². The van der Waals surface area contributed by atoms with Crippen molar-refractivity contribution in [1.82, 2.24) is 14.8 Å². The van der Waals surface area contributed by atoms with Crippen molar-refractivity contribution in [3.8, 4) is 11.4 Å². The summed E-state index contributed by atoms with van der Waals surface area (Å²) in [6, 6.07) is 8.34. The summed E-state index contributed by atoms with van der Waals surface area (Å²) in [5, 5.41) is 9.29. The molecule has 5 heteroatoms. The average Bonchev–Trinajstić information content (AvgIpc) is 2.87. The zero-order valence-electron chi connectivity index (χ0n) is 11.3. The van der Waals surface area contributed by atoms with E-state index >= 15 is 0 Å². The molecule has 1 aromatic carbocycles. The third-order valence-electron chi connectivity index (χ3n) is 3.11. The number of aryl methyl sites for hydroxylation is 1. The highest BCUT2D eigenvalue weighted by Gasteiger charge is 2.14. The fourth-order valence-electron chi connectivity index (χ4n) is 2.10. The highest BCUT2D eigenvalue weighted by molar-refractivity contribution is 9.08. The van der Waals surface area contributed by atoms with Crippen LogP contribution in [-0.4, -0.2) is 28.5 Å². The summed E-state index contributed by atoms with van der Waals surface area (Å²) in [4.78, 5) is 0. The minimum atomic E-state index is 0.652. The lowest BCUT2D eigenvalue weighted by Gasteiger charge is -2.11. The number of nitrogens with zero attached hydrogens (tertiary/aromatic N) is 3. The molecule has 0 aliphatic carbocycles. The Labute approximate surface area is 121 Å². The third kappa shape index (κ3) is 3.04. The Balaban J connectivity index is 2.46. The van der Waals surface area contributed by atoms with E-state index in [1.165, 1.54) is 5.56 Å². The molecule has 0 unspecified atom stereocenters. The number of methoxy groups -OCH3 is 1. The predicted octanol–water partition coefficient (Wildman–Crippen LogP) is 3.05. The van der Waals surface area contributed by atoms with Gasteiger partial charge in [-0.15, -0.1) is 10.2 Å². The molecule has 0 aliphatic heterocycles. The molecule has 2 aromatic rings. The van der Waals surface area contributed by atoms with Crippen molar-refractivity contribution in [2.75, 3.05) is 13.7 Å². The molecule has 0 amide bonds. The molecule has 0 spiro atoms. The summed E-state index contributed by atoms with van der Waals surface area (Å²) in [5.74, 6) is 1.85. The Kier molecular flexibility index (Phi) is 5.10. The molecule has 102 valence electrons. The summed E-state index contributed by atoms with van der Waals surface area (Å²) in [6.07, 6.45) is 0.983. The SMILES string of the molecule is CCc1ccccc1-c1nnc(CBr)n1CCOC. The van der Waals surface area contributed by atoms with Gasteiger partial charge >= 0.3 is 0 Å². The molecule has 0 radical (unpaired) electrons. The predicted molar refractivity (Wildman–Crippen MR) is 79.3 cm³/mol. The van der Waals surface area contributed by atoms with Crippen LogP contribution in [0.4, 0.5) is 0 Å². The summed E-state index contributed by atoms with van der Waals surface area (Å²) in [7, 11) is 1.71. The lowest BCUT2D eigenvalue weighted by atomic mass is 10.0. The molecule has 0 saturated heterocycles. The van der Waals surface area contributed by atoms with Crippen LogP contribution in [0.15, 0.2) is 24.3 Å². The highest BCUT2D eigenvalue weighted by atomic mass is 79.9. The first kappa shape index (κ1) is 14.2. The Morgan fingerprint density at radius 2 is 2.05 bits per heavy atom. The van der Waals surface area contributed by atoms with E-state index in [1.54, 1.807) is 7.11 Å². The molecule has 1 aromatic heterocycles. The van der Waals surface area contributed by atoms with E-state index in [1.807, 2.05) is 6.07 Å². The zero-order valence-corrected chi connectivity index (χ0v) is 12.9. The number of hydrogen-bond donors (Lipinski definition) is 0. The van der Waals surface area contributed by atoms with E-state index in [2.05, 4.69) is 55.8 Å². The van der Waals surface area contributed by atoms with Crippen LogP contribution in [-0.2, 0) is 23.0 Å². The van der Waals surface area contributed by atoms with Crippen molar-refractivity contribution < 1.29 is 4.74 Å². The van der Waals surface area contributed by atoms with Crippen molar-refractivity contribution in [3.63, 3.8) is 0 Å². The second-order valence-electron chi connectivity index (χ2n) is 4.23. The largest absolute Gasteiger partial charge is 0.383 e. The van der Waals surface area contributed by atoms with Gasteiger partial charge in [0.15, 0.2) is 5.82 Å². The second kappa shape index (κ2) is 6.82. The first-order chi connectivity index (χ1) is 9.31. The van der Waals surface area contributed by atoms with Crippen LogP contribution < -0.4 is 0 Å². The molecular formula is C14H18BrN3O. The van der Waals surface area contributed by atoms with Crippen LogP contribution in [0.3, 0.4) is 0 Å². The van der Waals surface area contributed by atoms with Gasteiger partial charge in [-0.2, -0.15) is 0 Å². The van der Waals surface area contributed by atoms with E-state index in [0.29, 0.717) is 11.9 Å². The van der Waals surface area contributed by atoms with Gasteiger partial charge in [0.25, 0.3) is 0 Å². The third-order valence-corrected chi connectivity index (χ3v) is 3.61. The topological polar surface area (TPSA) is 39.9 Å². The van der Waals surface area contributed by atoms with E-state index in [9.17, 15) is 0 Å². The van der Waals surface area contributed by atoms with E-state index in [4.69, 9.17) is 4.74 Å². The van der Waals surface area contributed by atoms with Crippen molar-refractivity contribution >= 4 is 15.9 Å². The Morgan fingerprint density at radius 3 is 2.74 bits per heavy atom. The maximum atomic E-state index is 5.17. The average molecular weight is 324 g/mol. The smallest absolute Gasteiger partial charge is 0.164 e. The van der Waals surface area contributed by atoms with Gasteiger partial charge < -0.3 is 9.30 Å².